The zero-order valence-corrected chi connectivity index (χ0v) is 17.1. The van der Waals surface area contributed by atoms with Crippen LogP contribution in [0.4, 0.5) is 10.5 Å². The lowest BCUT2D eigenvalue weighted by Crippen LogP contribution is -2.28. The van der Waals surface area contributed by atoms with Crippen LogP contribution >= 0.6 is 0 Å². The summed E-state index contributed by atoms with van der Waals surface area (Å²) in [5, 5.41) is 5.48. The molecule has 2 aromatic carbocycles. The number of anilines is 1. The third-order valence-corrected chi connectivity index (χ3v) is 6.44. The quantitative estimate of drug-likeness (QED) is 0.514. The Balaban J connectivity index is 1.39. The highest BCUT2D eigenvalue weighted by atomic mass is 32.2. The van der Waals surface area contributed by atoms with Crippen molar-refractivity contribution in [2.45, 2.75) is 23.3 Å². The lowest BCUT2D eigenvalue weighted by atomic mass is 10.2. The maximum atomic E-state index is 12.7. The zero-order valence-electron chi connectivity index (χ0n) is 16.2. The van der Waals surface area contributed by atoms with E-state index in [9.17, 15) is 13.2 Å². The Kier molecular flexibility index (Phi) is 5.24. The third kappa shape index (κ3) is 4.18. The number of aromatic nitrogens is 2. The Morgan fingerprint density at radius 3 is 2.33 bits per heavy atom. The van der Waals surface area contributed by atoms with Crippen molar-refractivity contribution >= 4 is 27.2 Å². The van der Waals surface area contributed by atoms with Gasteiger partial charge in [-0.15, -0.1) is 0 Å². The molecule has 8 heteroatoms. The lowest BCUT2D eigenvalue weighted by Gasteiger charge is -2.09. The topological polar surface area (TPSA) is 92.6 Å². The minimum absolute atomic E-state index is 0.172. The van der Waals surface area contributed by atoms with Gasteiger partial charge in [0.2, 0.25) is 9.84 Å². The Hall–Kier alpha value is -3.65. The monoisotopic (exact) mass is 420 g/mol. The van der Waals surface area contributed by atoms with Gasteiger partial charge in [-0.3, -0.25) is 0 Å². The summed E-state index contributed by atoms with van der Waals surface area (Å²) >= 11 is 0. The summed E-state index contributed by atoms with van der Waals surface area (Å²) in [7, 11) is -3.60. The van der Waals surface area contributed by atoms with Gasteiger partial charge in [0.15, 0.2) is 0 Å². The average Bonchev–Trinajstić information content (AvgIpc) is 3.21. The summed E-state index contributed by atoms with van der Waals surface area (Å²) in [6.07, 6.45) is 5.44. The van der Waals surface area contributed by atoms with Crippen LogP contribution < -0.4 is 10.6 Å². The Morgan fingerprint density at radius 2 is 1.63 bits per heavy atom. The number of urea groups is 1. The maximum absolute atomic E-state index is 12.7. The molecule has 4 rings (SSSR count). The fraction of sp³-hybridized carbons (Fsp3) is 0.0909. The molecule has 2 heterocycles. The number of fused-ring (bicyclic) bond motifs is 1. The molecule has 0 atom stereocenters. The highest BCUT2D eigenvalue weighted by Gasteiger charge is 2.17. The molecular formula is C22H20N4O3S. The summed E-state index contributed by atoms with van der Waals surface area (Å²) in [5.74, 6) is 0. The highest BCUT2D eigenvalue weighted by Crippen LogP contribution is 2.22. The van der Waals surface area contributed by atoms with Gasteiger partial charge in [0.25, 0.3) is 0 Å². The second-order valence-electron chi connectivity index (χ2n) is 6.88. The van der Waals surface area contributed by atoms with Crippen LogP contribution in [0.5, 0.6) is 0 Å². The summed E-state index contributed by atoms with van der Waals surface area (Å²) in [4.78, 5) is 16.8. The van der Waals surface area contributed by atoms with Gasteiger partial charge in [-0.1, -0.05) is 23.8 Å². The molecule has 4 aromatic rings. The van der Waals surface area contributed by atoms with E-state index in [0.29, 0.717) is 12.2 Å². The Bertz CT molecular complexity index is 1290. The zero-order chi connectivity index (χ0) is 21.1. The van der Waals surface area contributed by atoms with Gasteiger partial charge >= 0.3 is 6.03 Å². The number of hydrogen-bond acceptors (Lipinski definition) is 4. The van der Waals surface area contributed by atoms with E-state index in [0.717, 1.165) is 16.8 Å². The fourth-order valence-electron chi connectivity index (χ4n) is 3.00. The minimum Gasteiger partial charge on any atom is -0.334 e. The van der Waals surface area contributed by atoms with Crippen molar-refractivity contribution in [2.24, 2.45) is 0 Å². The van der Waals surface area contributed by atoms with E-state index in [4.69, 9.17) is 0 Å². The van der Waals surface area contributed by atoms with Gasteiger partial charge in [0, 0.05) is 30.8 Å². The maximum Gasteiger partial charge on any atom is 0.319 e. The van der Waals surface area contributed by atoms with Crippen LogP contribution in [0.2, 0.25) is 0 Å². The molecule has 0 aliphatic heterocycles. The van der Waals surface area contributed by atoms with Crippen LogP contribution in [0.15, 0.2) is 89.0 Å². The number of nitrogens with one attached hydrogen (secondary N) is 2. The summed E-state index contributed by atoms with van der Waals surface area (Å²) in [6.45, 7) is 2.25. The third-order valence-electron chi connectivity index (χ3n) is 4.66. The second kappa shape index (κ2) is 8.00. The Labute approximate surface area is 174 Å². The molecule has 0 bridgehead atoms. The molecule has 0 aliphatic rings. The van der Waals surface area contributed by atoms with Crippen LogP contribution in [-0.2, 0) is 16.4 Å². The molecule has 152 valence electrons. The number of pyridine rings is 1. The van der Waals surface area contributed by atoms with Crippen LogP contribution in [0.3, 0.4) is 0 Å². The van der Waals surface area contributed by atoms with E-state index in [1.54, 1.807) is 42.6 Å². The molecule has 0 spiro atoms. The summed E-state index contributed by atoms with van der Waals surface area (Å²) < 4.78 is 27.3. The van der Waals surface area contributed by atoms with Crippen LogP contribution in [0.25, 0.3) is 5.65 Å². The smallest absolute Gasteiger partial charge is 0.319 e. The number of hydrogen-bond donors (Lipinski definition) is 2. The minimum atomic E-state index is -3.60. The fourth-order valence-corrected chi connectivity index (χ4v) is 4.26. The van der Waals surface area contributed by atoms with E-state index in [2.05, 4.69) is 15.6 Å². The molecule has 2 N–H and O–H groups in total. The summed E-state index contributed by atoms with van der Waals surface area (Å²) in [6, 6.07) is 16.2. The van der Waals surface area contributed by atoms with Crippen molar-refractivity contribution in [2.75, 3.05) is 5.32 Å². The van der Waals surface area contributed by atoms with Gasteiger partial charge in [0.1, 0.15) is 5.65 Å². The lowest BCUT2D eigenvalue weighted by molar-refractivity contribution is 0.251. The molecule has 30 heavy (non-hydrogen) atoms. The van der Waals surface area contributed by atoms with Gasteiger partial charge in [0.05, 0.1) is 9.79 Å². The standard InChI is InChI=1S/C22H20N4O3S/c1-16-2-7-19(8-3-16)30(28,29)20-9-5-18(6-10-20)25-22(27)24-14-17-4-11-21-23-12-13-26(21)15-17/h2-13,15H,14H2,1H3,(H2,24,25,27). The van der Waals surface area contributed by atoms with Gasteiger partial charge in [-0.25, -0.2) is 18.2 Å². The molecular weight excluding hydrogens is 400 g/mol. The molecule has 0 saturated carbocycles. The van der Waals surface area contributed by atoms with E-state index >= 15 is 0 Å². The number of rotatable bonds is 5. The van der Waals surface area contributed by atoms with Gasteiger partial charge in [-0.2, -0.15) is 0 Å². The molecule has 0 unspecified atom stereocenters. The van der Waals surface area contributed by atoms with Crippen molar-refractivity contribution in [1.29, 1.82) is 0 Å². The first-order chi connectivity index (χ1) is 14.4. The van der Waals surface area contributed by atoms with Crippen molar-refractivity contribution in [1.82, 2.24) is 14.7 Å². The molecule has 0 saturated heterocycles. The normalized spacial score (nSPS) is 11.4. The SMILES string of the molecule is Cc1ccc(S(=O)(=O)c2ccc(NC(=O)NCc3ccc4nccn4c3)cc2)cc1. The molecule has 2 amide bonds. The number of carbonyl (C=O) groups excluding carboxylic acids is 1. The number of aryl methyl sites for hydroxylation is 1. The number of carbonyl (C=O) groups is 1. The van der Waals surface area contributed by atoms with Crippen molar-refractivity contribution in [3.8, 4) is 0 Å². The number of sulfone groups is 1. The van der Waals surface area contributed by atoms with Crippen molar-refractivity contribution < 1.29 is 13.2 Å². The predicted octanol–water partition coefficient (Wildman–Crippen LogP) is 3.80. The molecule has 0 aliphatic carbocycles. The number of benzene rings is 2. The van der Waals surface area contributed by atoms with Crippen molar-refractivity contribution in [3.05, 3.63) is 90.4 Å². The predicted molar refractivity (Wildman–Crippen MR) is 114 cm³/mol. The van der Waals surface area contributed by atoms with Gasteiger partial charge in [-0.05, 0) is 55.0 Å². The van der Waals surface area contributed by atoms with Crippen LogP contribution in [0.1, 0.15) is 11.1 Å². The largest absolute Gasteiger partial charge is 0.334 e. The molecule has 0 fully saturated rings. The first-order valence-corrected chi connectivity index (χ1v) is 10.8. The first-order valence-electron chi connectivity index (χ1n) is 9.30. The summed E-state index contributed by atoms with van der Waals surface area (Å²) in [5.41, 5.74) is 3.25. The number of amides is 2. The number of nitrogens with zero attached hydrogens (tertiary/aromatic N) is 2. The first kappa shape index (κ1) is 19.7. The molecule has 2 aromatic heterocycles. The van der Waals surface area contributed by atoms with Crippen LogP contribution in [-0.4, -0.2) is 23.8 Å². The Morgan fingerprint density at radius 1 is 0.967 bits per heavy atom. The van der Waals surface area contributed by atoms with Gasteiger partial charge < -0.3 is 15.0 Å². The number of imidazole rings is 1. The van der Waals surface area contributed by atoms with E-state index in [-0.39, 0.29) is 15.8 Å². The van der Waals surface area contributed by atoms with Crippen molar-refractivity contribution in [3.63, 3.8) is 0 Å². The van der Waals surface area contributed by atoms with E-state index < -0.39 is 9.84 Å². The molecule has 7 nitrogen and oxygen atoms in total. The van der Waals surface area contributed by atoms with E-state index in [1.807, 2.05) is 35.9 Å². The second-order valence-corrected chi connectivity index (χ2v) is 8.83. The average molecular weight is 420 g/mol. The molecule has 0 radical (unpaired) electrons. The van der Waals surface area contributed by atoms with Crippen LogP contribution in [0, 0.1) is 6.92 Å². The van der Waals surface area contributed by atoms with E-state index in [1.165, 1.54) is 12.1 Å². The highest BCUT2D eigenvalue weighted by molar-refractivity contribution is 7.91.